The first-order valence-corrected chi connectivity index (χ1v) is 6.83. The summed E-state index contributed by atoms with van der Waals surface area (Å²) in [6, 6.07) is 3.99. The third-order valence-corrected chi connectivity index (χ3v) is 4.47. The predicted molar refractivity (Wildman–Crippen MR) is 63.6 cm³/mol. The lowest BCUT2D eigenvalue weighted by molar-refractivity contribution is 0.205. The fourth-order valence-electron chi connectivity index (χ4n) is 1.09. The highest BCUT2D eigenvalue weighted by molar-refractivity contribution is 7.91. The number of nitrogens with two attached hydrogens (primary N) is 1. The quantitative estimate of drug-likeness (QED) is 0.867. The Hall–Kier alpha value is -0.330. The van der Waals surface area contributed by atoms with Crippen molar-refractivity contribution in [2.45, 2.75) is 11.0 Å². The lowest BCUT2D eigenvalue weighted by Gasteiger charge is -2.09. The van der Waals surface area contributed by atoms with Crippen LogP contribution in [-0.4, -0.2) is 31.9 Å². The molecule has 7 heteroatoms. The molecule has 0 bridgehead atoms. The second-order valence-corrected chi connectivity index (χ2v) is 6.10. The van der Waals surface area contributed by atoms with Crippen molar-refractivity contribution in [3.05, 3.63) is 28.2 Å². The van der Waals surface area contributed by atoms with Crippen molar-refractivity contribution in [1.29, 1.82) is 0 Å². The van der Waals surface area contributed by atoms with Gasteiger partial charge < -0.3 is 10.8 Å². The molecule has 1 aromatic rings. The van der Waals surface area contributed by atoms with E-state index in [1.54, 1.807) is 0 Å². The number of sulfone groups is 1. The molecule has 1 atom stereocenters. The van der Waals surface area contributed by atoms with Crippen LogP contribution in [0.2, 0.25) is 10.0 Å². The van der Waals surface area contributed by atoms with E-state index in [1.165, 1.54) is 18.2 Å². The maximum absolute atomic E-state index is 11.7. The van der Waals surface area contributed by atoms with Gasteiger partial charge in [-0.3, -0.25) is 0 Å². The van der Waals surface area contributed by atoms with Crippen molar-refractivity contribution in [1.82, 2.24) is 0 Å². The van der Waals surface area contributed by atoms with Gasteiger partial charge in [-0.15, -0.1) is 0 Å². The standard InChI is InChI=1S/C9H11Cl2NO3S/c10-8-2-1-7(3-9(8)11)16(14,15)5-6(13)4-12/h1-3,6,13H,4-5,12H2. The zero-order chi connectivity index (χ0) is 12.3. The number of hydrogen-bond donors (Lipinski definition) is 2. The first kappa shape index (κ1) is 13.7. The van der Waals surface area contributed by atoms with Crippen molar-refractivity contribution < 1.29 is 13.5 Å². The molecule has 1 aromatic carbocycles. The van der Waals surface area contributed by atoms with Crippen LogP contribution >= 0.6 is 23.2 Å². The molecule has 0 radical (unpaired) electrons. The van der Waals surface area contributed by atoms with E-state index >= 15 is 0 Å². The molecule has 0 amide bonds. The molecular weight excluding hydrogens is 273 g/mol. The van der Waals surface area contributed by atoms with Crippen LogP contribution in [0.15, 0.2) is 23.1 Å². The average molecular weight is 284 g/mol. The molecule has 90 valence electrons. The van der Waals surface area contributed by atoms with Crippen LogP contribution in [0, 0.1) is 0 Å². The maximum Gasteiger partial charge on any atom is 0.181 e. The summed E-state index contributed by atoms with van der Waals surface area (Å²) in [5, 5.41) is 9.65. The molecule has 4 nitrogen and oxygen atoms in total. The predicted octanol–water partition coefficient (Wildman–Crippen LogP) is 1.09. The largest absolute Gasteiger partial charge is 0.391 e. The second kappa shape index (κ2) is 5.33. The molecule has 0 fully saturated rings. The fourth-order valence-corrected chi connectivity index (χ4v) is 2.86. The SMILES string of the molecule is NCC(O)CS(=O)(=O)c1ccc(Cl)c(Cl)c1. The molecule has 0 aliphatic carbocycles. The molecule has 0 spiro atoms. The molecule has 0 saturated heterocycles. The topological polar surface area (TPSA) is 80.4 Å². The van der Waals surface area contributed by atoms with Crippen LogP contribution in [-0.2, 0) is 9.84 Å². The molecule has 0 aliphatic heterocycles. The van der Waals surface area contributed by atoms with Crippen molar-refractivity contribution in [2.75, 3.05) is 12.3 Å². The van der Waals surface area contributed by atoms with Crippen LogP contribution in [0.5, 0.6) is 0 Å². The minimum atomic E-state index is -3.58. The van der Waals surface area contributed by atoms with Gasteiger partial charge >= 0.3 is 0 Å². The van der Waals surface area contributed by atoms with Crippen molar-refractivity contribution in [3.8, 4) is 0 Å². The smallest absolute Gasteiger partial charge is 0.181 e. The number of benzene rings is 1. The van der Waals surface area contributed by atoms with Gasteiger partial charge in [-0.1, -0.05) is 23.2 Å². The van der Waals surface area contributed by atoms with Crippen LogP contribution in [0.1, 0.15) is 0 Å². The van der Waals surface area contributed by atoms with Crippen LogP contribution in [0.3, 0.4) is 0 Å². The Morgan fingerprint density at radius 1 is 1.31 bits per heavy atom. The Balaban J connectivity index is 3.03. The minimum Gasteiger partial charge on any atom is -0.391 e. The zero-order valence-corrected chi connectivity index (χ0v) is 10.6. The highest BCUT2D eigenvalue weighted by Gasteiger charge is 2.19. The van der Waals surface area contributed by atoms with Gasteiger partial charge in [0.2, 0.25) is 0 Å². The van der Waals surface area contributed by atoms with E-state index in [-0.39, 0.29) is 21.5 Å². The molecule has 0 aromatic heterocycles. The van der Waals surface area contributed by atoms with E-state index < -0.39 is 21.7 Å². The van der Waals surface area contributed by atoms with E-state index in [0.29, 0.717) is 0 Å². The molecule has 0 saturated carbocycles. The monoisotopic (exact) mass is 283 g/mol. The Kier molecular flexibility index (Phi) is 4.58. The zero-order valence-electron chi connectivity index (χ0n) is 8.23. The summed E-state index contributed by atoms with van der Waals surface area (Å²) >= 11 is 11.4. The first-order valence-electron chi connectivity index (χ1n) is 4.43. The maximum atomic E-state index is 11.7. The Morgan fingerprint density at radius 2 is 1.94 bits per heavy atom. The third kappa shape index (κ3) is 3.33. The first-order chi connectivity index (χ1) is 7.36. The van der Waals surface area contributed by atoms with Gasteiger partial charge in [0.1, 0.15) is 0 Å². The Morgan fingerprint density at radius 3 is 2.44 bits per heavy atom. The van der Waals surface area contributed by atoms with E-state index in [4.69, 9.17) is 28.9 Å². The Bertz CT molecular complexity index is 476. The summed E-state index contributed by atoms with van der Waals surface area (Å²) in [6.07, 6.45) is -1.08. The lowest BCUT2D eigenvalue weighted by atomic mass is 10.4. The highest BCUT2D eigenvalue weighted by Crippen LogP contribution is 2.25. The van der Waals surface area contributed by atoms with Crippen LogP contribution in [0.4, 0.5) is 0 Å². The van der Waals surface area contributed by atoms with Crippen molar-refractivity contribution in [2.24, 2.45) is 5.73 Å². The van der Waals surface area contributed by atoms with Gasteiger partial charge in [0.25, 0.3) is 0 Å². The number of halogens is 2. The summed E-state index contributed by atoms with van der Waals surface area (Å²) in [5.74, 6) is -0.429. The summed E-state index contributed by atoms with van der Waals surface area (Å²) in [7, 11) is -3.58. The molecule has 0 heterocycles. The molecule has 16 heavy (non-hydrogen) atoms. The highest BCUT2D eigenvalue weighted by atomic mass is 35.5. The summed E-state index contributed by atoms with van der Waals surface area (Å²) in [6.45, 7) is -0.111. The van der Waals surface area contributed by atoms with Gasteiger partial charge in [-0.2, -0.15) is 0 Å². The van der Waals surface area contributed by atoms with E-state index in [1.807, 2.05) is 0 Å². The van der Waals surface area contributed by atoms with Crippen molar-refractivity contribution >= 4 is 33.0 Å². The van der Waals surface area contributed by atoms with Gasteiger partial charge in [-0.05, 0) is 18.2 Å². The molecule has 1 unspecified atom stereocenters. The van der Waals surface area contributed by atoms with Crippen molar-refractivity contribution in [3.63, 3.8) is 0 Å². The normalized spacial score (nSPS) is 13.8. The second-order valence-electron chi connectivity index (χ2n) is 3.25. The summed E-state index contributed by atoms with van der Waals surface area (Å²) in [4.78, 5) is 0.0226. The fraction of sp³-hybridized carbons (Fsp3) is 0.333. The number of aliphatic hydroxyl groups is 1. The van der Waals surface area contributed by atoms with Crippen LogP contribution < -0.4 is 5.73 Å². The lowest BCUT2D eigenvalue weighted by Crippen LogP contribution is -2.28. The van der Waals surface area contributed by atoms with Crippen LogP contribution in [0.25, 0.3) is 0 Å². The van der Waals surface area contributed by atoms with Gasteiger partial charge in [0.05, 0.1) is 26.8 Å². The van der Waals surface area contributed by atoms with Gasteiger partial charge in [0.15, 0.2) is 9.84 Å². The Labute approximate surface area is 104 Å². The summed E-state index contributed by atoms with van der Waals surface area (Å²) in [5.41, 5.74) is 5.15. The van der Waals surface area contributed by atoms with E-state index in [9.17, 15) is 13.5 Å². The molecule has 1 rings (SSSR count). The van der Waals surface area contributed by atoms with Gasteiger partial charge in [0, 0.05) is 6.54 Å². The average Bonchev–Trinajstić information content (AvgIpc) is 2.21. The molecule has 0 aliphatic rings. The van der Waals surface area contributed by atoms with Gasteiger partial charge in [-0.25, -0.2) is 8.42 Å². The molecule has 3 N–H and O–H groups in total. The van der Waals surface area contributed by atoms with E-state index in [2.05, 4.69) is 0 Å². The number of aliphatic hydroxyl groups excluding tert-OH is 1. The summed E-state index contributed by atoms with van der Waals surface area (Å²) < 4.78 is 23.5. The number of rotatable bonds is 4. The van der Waals surface area contributed by atoms with E-state index in [0.717, 1.165) is 0 Å². The third-order valence-electron chi connectivity index (χ3n) is 1.93. The minimum absolute atomic E-state index is 0.0226. The molecular formula is C9H11Cl2NO3S. The number of hydrogen-bond acceptors (Lipinski definition) is 4.